The number of rotatable bonds is 3. The summed E-state index contributed by atoms with van der Waals surface area (Å²) in [5.41, 5.74) is 1.41. The third kappa shape index (κ3) is 3.39. The van der Waals surface area contributed by atoms with Crippen LogP contribution in [0, 0.1) is 24.2 Å². The maximum atomic E-state index is 12.1. The molecule has 0 radical (unpaired) electrons. The number of nitrogens with one attached hydrogen (secondary N) is 1. The smallest absolute Gasteiger partial charge is 0.306 e. The lowest BCUT2D eigenvalue weighted by Crippen LogP contribution is -2.29. The van der Waals surface area contributed by atoms with Crippen LogP contribution in [0.15, 0.2) is 24.3 Å². The Bertz CT molecular complexity index is 551. The van der Waals surface area contributed by atoms with E-state index in [1.807, 2.05) is 0 Å². The Morgan fingerprint density at radius 1 is 1.20 bits per heavy atom. The molecule has 20 heavy (non-hydrogen) atoms. The summed E-state index contributed by atoms with van der Waals surface area (Å²) in [6, 6.07) is 7.14. The van der Waals surface area contributed by atoms with Gasteiger partial charge in [-0.1, -0.05) is 12.0 Å². The number of hydrogen-bond donors (Lipinski definition) is 2. The van der Waals surface area contributed by atoms with Crippen molar-refractivity contribution in [3.8, 4) is 12.3 Å². The maximum absolute atomic E-state index is 12.1. The van der Waals surface area contributed by atoms with Crippen LogP contribution in [0.5, 0.6) is 0 Å². The molecular weight excluding hydrogens is 254 g/mol. The highest BCUT2D eigenvalue weighted by Crippen LogP contribution is 2.29. The van der Waals surface area contributed by atoms with Crippen molar-refractivity contribution in [2.24, 2.45) is 11.8 Å². The van der Waals surface area contributed by atoms with Crippen molar-refractivity contribution >= 4 is 17.6 Å². The largest absolute Gasteiger partial charge is 0.481 e. The average molecular weight is 271 g/mol. The summed E-state index contributed by atoms with van der Waals surface area (Å²) in [4.78, 5) is 23.0. The molecule has 1 aliphatic carbocycles. The minimum Gasteiger partial charge on any atom is -0.481 e. The molecule has 0 aromatic heterocycles. The molecule has 1 amide bonds. The zero-order chi connectivity index (χ0) is 14.5. The summed E-state index contributed by atoms with van der Waals surface area (Å²) in [5, 5.41) is 11.8. The number of carboxylic acids is 1. The lowest BCUT2D eigenvalue weighted by molar-refractivity contribution is -0.143. The molecule has 0 saturated heterocycles. The zero-order valence-corrected chi connectivity index (χ0v) is 11.1. The molecular formula is C16H17NO3. The minimum absolute atomic E-state index is 0.0528. The molecule has 0 spiro atoms. The first-order valence-electron chi connectivity index (χ1n) is 6.70. The topological polar surface area (TPSA) is 66.4 Å². The Morgan fingerprint density at radius 3 is 2.45 bits per heavy atom. The van der Waals surface area contributed by atoms with Gasteiger partial charge in [0.2, 0.25) is 5.91 Å². The van der Waals surface area contributed by atoms with Gasteiger partial charge in [0, 0.05) is 17.2 Å². The van der Waals surface area contributed by atoms with E-state index in [4.69, 9.17) is 11.5 Å². The third-order valence-corrected chi connectivity index (χ3v) is 3.74. The van der Waals surface area contributed by atoms with Crippen LogP contribution in [0.3, 0.4) is 0 Å². The van der Waals surface area contributed by atoms with Gasteiger partial charge in [0.1, 0.15) is 0 Å². The predicted octanol–water partition coefficient (Wildman–Crippen LogP) is 2.50. The normalized spacial score (nSPS) is 21.8. The molecule has 0 heterocycles. The Labute approximate surface area is 118 Å². The zero-order valence-electron chi connectivity index (χ0n) is 11.1. The fraction of sp³-hybridized carbons (Fsp3) is 0.375. The second-order valence-electron chi connectivity index (χ2n) is 5.10. The van der Waals surface area contributed by atoms with E-state index in [9.17, 15) is 9.59 Å². The Morgan fingerprint density at radius 2 is 1.85 bits per heavy atom. The number of carboxylic acid groups (broad SMARTS) is 1. The molecule has 0 atom stereocenters. The molecule has 2 rings (SSSR count). The number of amides is 1. The van der Waals surface area contributed by atoms with Crippen LogP contribution >= 0.6 is 0 Å². The number of aliphatic carboxylic acids is 1. The van der Waals surface area contributed by atoms with E-state index in [1.54, 1.807) is 24.3 Å². The van der Waals surface area contributed by atoms with Gasteiger partial charge in [-0.05, 0) is 43.9 Å². The Kier molecular flexibility index (Phi) is 4.41. The fourth-order valence-corrected chi connectivity index (χ4v) is 2.53. The van der Waals surface area contributed by atoms with Crippen LogP contribution in [0.1, 0.15) is 31.2 Å². The van der Waals surface area contributed by atoms with Crippen molar-refractivity contribution in [3.63, 3.8) is 0 Å². The SMILES string of the molecule is C#Cc1cccc(NC(=O)C2CCC(C(=O)O)CC2)c1. The van der Waals surface area contributed by atoms with Gasteiger partial charge >= 0.3 is 5.97 Å². The first-order chi connectivity index (χ1) is 9.60. The number of benzene rings is 1. The number of anilines is 1. The minimum atomic E-state index is -0.759. The summed E-state index contributed by atoms with van der Waals surface area (Å²) in [6.45, 7) is 0. The van der Waals surface area contributed by atoms with E-state index in [0.29, 0.717) is 31.4 Å². The van der Waals surface area contributed by atoms with Crippen molar-refractivity contribution in [1.82, 2.24) is 0 Å². The van der Waals surface area contributed by atoms with E-state index < -0.39 is 5.97 Å². The first-order valence-corrected chi connectivity index (χ1v) is 6.70. The lowest BCUT2D eigenvalue weighted by atomic mass is 9.81. The molecule has 4 nitrogen and oxygen atoms in total. The van der Waals surface area contributed by atoms with Crippen LogP contribution < -0.4 is 5.32 Å². The van der Waals surface area contributed by atoms with Crippen molar-refractivity contribution in [2.45, 2.75) is 25.7 Å². The van der Waals surface area contributed by atoms with Gasteiger partial charge in [0.05, 0.1) is 5.92 Å². The molecule has 0 aliphatic heterocycles. The first kappa shape index (κ1) is 14.1. The summed E-state index contributed by atoms with van der Waals surface area (Å²) in [5.74, 6) is 1.30. The second kappa shape index (κ2) is 6.25. The third-order valence-electron chi connectivity index (χ3n) is 3.74. The highest BCUT2D eigenvalue weighted by atomic mass is 16.4. The molecule has 1 aromatic rings. The Balaban J connectivity index is 1.93. The molecule has 1 fully saturated rings. The van der Waals surface area contributed by atoms with Crippen molar-refractivity contribution in [1.29, 1.82) is 0 Å². The quantitative estimate of drug-likeness (QED) is 0.830. The number of hydrogen-bond acceptors (Lipinski definition) is 2. The van der Waals surface area contributed by atoms with Gasteiger partial charge in [-0.2, -0.15) is 0 Å². The molecule has 2 N–H and O–H groups in total. The van der Waals surface area contributed by atoms with Gasteiger partial charge in [-0.25, -0.2) is 0 Å². The lowest BCUT2D eigenvalue weighted by Gasteiger charge is -2.25. The van der Waals surface area contributed by atoms with E-state index in [2.05, 4.69) is 11.2 Å². The molecule has 1 aliphatic rings. The fourth-order valence-electron chi connectivity index (χ4n) is 2.53. The monoisotopic (exact) mass is 271 g/mol. The molecule has 1 aromatic carbocycles. The molecule has 104 valence electrons. The summed E-state index contributed by atoms with van der Waals surface area (Å²) in [7, 11) is 0. The average Bonchev–Trinajstić information content (AvgIpc) is 2.47. The van der Waals surface area contributed by atoms with E-state index in [0.717, 1.165) is 5.56 Å². The molecule has 1 saturated carbocycles. The van der Waals surface area contributed by atoms with Gasteiger partial charge in [-0.15, -0.1) is 6.42 Å². The predicted molar refractivity (Wildman–Crippen MR) is 76.1 cm³/mol. The highest BCUT2D eigenvalue weighted by Gasteiger charge is 2.29. The van der Waals surface area contributed by atoms with Crippen LogP contribution in [-0.2, 0) is 9.59 Å². The number of carbonyl (C=O) groups excluding carboxylic acids is 1. The summed E-state index contributed by atoms with van der Waals surface area (Å²) in [6.07, 6.45) is 7.70. The second-order valence-corrected chi connectivity index (χ2v) is 5.10. The van der Waals surface area contributed by atoms with Crippen LogP contribution in [0.25, 0.3) is 0 Å². The van der Waals surface area contributed by atoms with Gasteiger partial charge in [-0.3, -0.25) is 9.59 Å². The van der Waals surface area contributed by atoms with Gasteiger partial charge in [0.15, 0.2) is 0 Å². The summed E-state index contributed by atoms with van der Waals surface area (Å²) < 4.78 is 0. The van der Waals surface area contributed by atoms with Crippen LogP contribution in [0.2, 0.25) is 0 Å². The Hall–Kier alpha value is -2.28. The van der Waals surface area contributed by atoms with Gasteiger partial charge in [0.25, 0.3) is 0 Å². The van der Waals surface area contributed by atoms with Crippen molar-refractivity contribution in [2.75, 3.05) is 5.32 Å². The van der Waals surface area contributed by atoms with E-state index >= 15 is 0 Å². The summed E-state index contributed by atoms with van der Waals surface area (Å²) >= 11 is 0. The van der Waals surface area contributed by atoms with Crippen LogP contribution in [-0.4, -0.2) is 17.0 Å². The highest BCUT2D eigenvalue weighted by molar-refractivity contribution is 5.92. The molecule has 4 heteroatoms. The van der Waals surface area contributed by atoms with E-state index in [1.165, 1.54) is 0 Å². The van der Waals surface area contributed by atoms with E-state index in [-0.39, 0.29) is 17.7 Å². The number of carbonyl (C=O) groups is 2. The molecule has 0 unspecified atom stereocenters. The van der Waals surface area contributed by atoms with Crippen LogP contribution in [0.4, 0.5) is 5.69 Å². The molecule has 0 bridgehead atoms. The number of terminal acetylenes is 1. The maximum Gasteiger partial charge on any atom is 0.306 e. The standard InChI is InChI=1S/C16H17NO3/c1-2-11-4-3-5-14(10-11)17-15(18)12-6-8-13(9-7-12)16(19)20/h1,3-5,10,12-13H,6-9H2,(H,17,18)(H,19,20). The van der Waals surface area contributed by atoms with Crippen molar-refractivity contribution in [3.05, 3.63) is 29.8 Å². The van der Waals surface area contributed by atoms with Crippen molar-refractivity contribution < 1.29 is 14.7 Å². The van der Waals surface area contributed by atoms with Gasteiger partial charge < -0.3 is 10.4 Å².